The second-order valence-corrected chi connectivity index (χ2v) is 6.13. The van der Waals surface area contributed by atoms with Crippen LogP contribution in [0, 0.1) is 0 Å². The van der Waals surface area contributed by atoms with Gasteiger partial charge in [-0.3, -0.25) is 4.79 Å². The van der Waals surface area contributed by atoms with Crippen LogP contribution in [0.5, 0.6) is 0 Å². The third-order valence-electron chi connectivity index (χ3n) is 1.83. The summed E-state index contributed by atoms with van der Waals surface area (Å²) in [5, 5.41) is 5.99. The maximum absolute atomic E-state index is 11.0. The molecule has 3 nitrogen and oxygen atoms in total. The van der Waals surface area contributed by atoms with Gasteiger partial charge in [0, 0.05) is 17.6 Å². The number of anilines is 1. The molecule has 0 radical (unpaired) electrons. The Labute approximate surface area is 119 Å². The Balaban J connectivity index is 2.79. The molecule has 1 rings (SSSR count). The molecule has 1 aromatic carbocycles. The first-order valence-corrected chi connectivity index (χ1v) is 6.16. The average molecular weight is 316 g/mol. The number of nitrogens with one attached hydrogen (secondary N) is 2. The number of hydrogen-bond acceptors (Lipinski definition) is 2. The van der Waals surface area contributed by atoms with Crippen LogP contribution < -0.4 is 10.6 Å². The fourth-order valence-electron chi connectivity index (χ4n) is 1.12. The minimum atomic E-state index is -1.66. The number of rotatable bonds is 3. The lowest BCUT2D eigenvalue weighted by Gasteiger charge is -2.26. The highest BCUT2D eigenvalue weighted by atomic mass is 35.6. The summed E-state index contributed by atoms with van der Waals surface area (Å²) in [5.41, 5.74) is 0.680. The van der Waals surface area contributed by atoms with E-state index in [9.17, 15) is 4.79 Å². The summed E-state index contributed by atoms with van der Waals surface area (Å²) >= 11 is 23.0. The minimum Gasteiger partial charge on any atom is -0.362 e. The van der Waals surface area contributed by atoms with E-state index in [4.69, 9.17) is 46.4 Å². The Kier molecular flexibility index (Phi) is 5.20. The van der Waals surface area contributed by atoms with Crippen molar-refractivity contribution in [1.82, 2.24) is 5.32 Å². The molecule has 0 aromatic heterocycles. The molecule has 0 bridgehead atoms. The average Bonchev–Trinajstić information content (AvgIpc) is 2.18. The SMILES string of the molecule is CC(=O)NC(Nc1ccc(Cl)cc1)C(Cl)(Cl)Cl. The van der Waals surface area contributed by atoms with Crippen molar-refractivity contribution in [2.45, 2.75) is 16.9 Å². The summed E-state index contributed by atoms with van der Waals surface area (Å²) in [7, 11) is 0. The van der Waals surface area contributed by atoms with Crippen molar-refractivity contribution in [3.8, 4) is 0 Å². The van der Waals surface area contributed by atoms with Gasteiger partial charge in [-0.15, -0.1) is 0 Å². The zero-order valence-corrected chi connectivity index (χ0v) is 11.8. The van der Waals surface area contributed by atoms with E-state index in [-0.39, 0.29) is 5.91 Å². The molecule has 0 aliphatic rings. The monoisotopic (exact) mass is 314 g/mol. The summed E-state index contributed by atoms with van der Waals surface area (Å²) in [6.07, 6.45) is -0.828. The van der Waals surface area contributed by atoms with Crippen LogP contribution in [0.3, 0.4) is 0 Å². The molecular formula is C10H10Cl4N2O. The standard InChI is InChI=1S/C10H10Cl4N2O/c1-6(17)15-9(10(12,13)14)16-8-4-2-7(11)3-5-8/h2-5,9,16H,1H3,(H,15,17). The van der Waals surface area contributed by atoms with Crippen LogP contribution in [0.1, 0.15) is 6.92 Å². The molecular weight excluding hydrogens is 306 g/mol. The number of carbonyl (C=O) groups excluding carboxylic acids is 1. The lowest BCUT2D eigenvalue weighted by atomic mass is 10.3. The molecule has 0 spiro atoms. The second-order valence-electron chi connectivity index (χ2n) is 3.33. The molecule has 0 fully saturated rings. The molecule has 17 heavy (non-hydrogen) atoms. The van der Waals surface area contributed by atoms with Gasteiger partial charge in [0.1, 0.15) is 6.17 Å². The van der Waals surface area contributed by atoms with E-state index in [2.05, 4.69) is 10.6 Å². The van der Waals surface area contributed by atoms with Crippen LogP contribution in [0.25, 0.3) is 0 Å². The second kappa shape index (κ2) is 6.01. The van der Waals surface area contributed by atoms with Crippen molar-refractivity contribution in [1.29, 1.82) is 0 Å². The van der Waals surface area contributed by atoms with Crippen molar-refractivity contribution < 1.29 is 4.79 Å². The largest absolute Gasteiger partial charge is 0.362 e. The van der Waals surface area contributed by atoms with Crippen molar-refractivity contribution in [3.63, 3.8) is 0 Å². The summed E-state index contributed by atoms with van der Waals surface area (Å²) in [4.78, 5) is 11.0. The molecule has 1 aromatic rings. The highest BCUT2D eigenvalue weighted by Gasteiger charge is 2.33. The van der Waals surface area contributed by atoms with E-state index in [0.29, 0.717) is 10.7 Å². The third kappa shape index (κ3) is 5.21. The molecule has 94 valence electrons. The molecule has 1 atom stereocenters. The predicted octanol–water partition coefficient (Wildman–Crippen LogP) is 3.58. The maximum atomic E-state index is 11.0. The fourth-order valence-corrected chi connectivity index (χ4v) is 1.57. The molecule has 0 heterocycles. The van der Waals surface area contributed by atoms with Crippen molar-refractivity contribution in [3.05, 3.63) is 29.3 Å². The highest BCUT2D eigenvalue weighted by Crippen LogP contribution is 2.31. The topological polar surface area (TPSA) is 41.1 Å². The molecule has 0 saturated carbocycles. The molecule has 0 saturated heterocycles. The van der Waals surface area contributed by atoms with Crippen LogP contribution in [-0.4, -0.2) is 15.9 Å². The van der Waals surface area contributed by atoms with Crippen molar-refractivity contribution >= 4 is 58.0 Å². The molecule has 0 aliphatic carbocycles. The Hall–Kier alpha value is -0.350. The van der Waals surface area contributed by atoms with Crippen LogP contribution in [0.4, 0.5) is 5.69 Å². The van der Waals surface area contributed by atoms with E-state index in [1.807, 2.05) is 0 Å². The number of amides is 1. The zero-order valence-electron chi connectivity index (χ0n) is 8.81. The smallest absolute Gasteiger partial charge is 0.228 e. The fraction of sp³-hybridized carbons (Fsp3) is 0.300. The lowest BCUT2D eigenvalue weighted by molar-refractivity contribution is -0.119. The molecule has 2 N–H and O–H groups in total. The predicted molar refractivity (Wildman–Crippen MR) is 73.0 cm³/mol. The Bertz CT molecular complexity index is 388. The van der Waals surface area contributed by atoms with Crippen LogP contribution in [0.15, 0.2) is 24.3 Å². The molecule has 7 heteroatoms. The summed E-state index contributed by atoms with van der Waals surface area (Å²) in [6.45, 7) is 1.34. The molecule has 1 unspecified atom stereocenters. The van der Waals surface area contributed by atoms with E-state index in [1.54, 1.807) is 24.3 Å². The van der Waals surface area contributed by atoms with Gasteiger partial charge >= 0.3 is 0 Å². The summed E-state index contributed by atoms with van der Waals surface area (Å²) < 4.78 is -1.66. The van der Waals surface area contributed by atoms with Crippen LogP contribution >= 0.6 is 46.4 Å². The number of alkyl halides is 3. The van der Waals surface area contributed by atoms with Gasteiger partial charge in [-0.25, -0.2) is 0 Å². The first kappa shape index (κ1) is 14.7. The van der Waals surface area contributed by atoms with Gasteiger partial charge in [-0.2, -0.15) is 0 Å². The highest BCUT2D eigenvalue weighted by molar-refractivity contribution is 6.68. The van der Waals surface area contributed by atoms with Gasteiger partial charge in [0.2, 0.25) is 9.70 Å². The maximum Gasteiger partial charge on any atom is 0.228 e. The van der Waals surface area contributed by atoms with E-state index in [0.717, 1.165) is 0 Å². The van der Waals surface area contributed by atoms with Crippen molar-refractivity contribution in [2.75, 3.05) is 5.32 Å². The number of carbonyl (C=O) groups is 1. The normalized spacial score (nSPS) is 13.0. The third-order valence-corrected chi connectivity index (χ3v) is 2.74. The lowest BCUT2D eigenvalue weighted by Crippen LogP contribution is -2.48. The minimum absolute atomic E-state index is 0.303. The van der Waals surface area contributed by atoms with E-state index >= 15 is 0 Å². The van der Waals surface area contributed by atoms with E-state index < -0.39 is 9.96 Å². The Morgan fingerprint density at radius 2 is 1.76 bits per heavy atom. The van der Waals surface area contributed by atoms with Gasteiger partial charge in [0.05, 0.1) is 0 Å². The van der Waals surface area contributed by atoms with Gasteiger partial charge in [-0.05, 0) is 24.3 Å². The Morgan fingerprint density at radius 3 is 2.18 bits per heavy atom. The number of halogens is 4. The summed E-state index contributed by atoms with van der Waals surface area (Å²) in [6, 6.07) is 6.81. The van der Waals surface area contributed by atoms with Crippen molar-refractivity contribution in [2.24, 2.45) is 0 Å². The zero-order chi connectivity index (χ0) is 13.1. The van der Waals surface area contributed by atoms with Crippen LogP contribution in [0.2, 0.25) is 5.02 Å². The van der Waals surface area contributed by atoms with Gasteiger partial charge in [0.15, 0.2) is 0 Å². The molecule has 0 aliphatic heterocycles. The van der Waals surface area contributed by atoms with Gasteiger partial charge < -0.3 is 10.6 Å². The quantitative estimate of drug-likeness (QED) is 0.661. The summed E-state index contributed by atoms with van der Waals surface area (Å²) in [5.74, 6) is -0.303. The van der Waals surface area contributed by atoms with Crippen LogP contribution in [-0.2, 0) is 4.79 Å². The number of hydrogen-bond donors (Lipinski definition) is 2. The molecule has 1 amide bonds. The van der Waals surface area contributed by atoms with Gasteiger partial charge in [0.25, 0.3) is 0 Å². The van der Waals surface area contributed by atoms with E-state index in [1.165, 1.54) is 6.92 Å². The first-order valence-electron chi connectivity index (χ1n) is 4.65. The first-order chi connectivity index (χ1) is 7.79. The Morgan fingerprint density at radius 1 is 1.24 bits per heavy atom. The number of benzene rings is 1. The van der Waals surface area contributed by atoms with Gasteiger partial charge in [-0.1, -0.05) is 46.4 Å².